The van der Waals surface area contributed by atoms with Crippen molar-refractivity contribution in [3.8, 4) is 5.75 Å². The minimum absolute atomic E-state index is 0.210. The Kier molecular flexibility index (Phi) is 6.69. The molecule has 0 fully saturated rings. The van der Waals surface area contributed by atoms with E-state index in [2.05, 4.69) is 9.97 Å². The number of benzene rings is 1. The second-order valence-corrected chi connectivity index (χ2v) is 10.6. The average molecular weight is 486 g/mol. The quantitative estimate of drug-likeness (QED) is 0.548. The van der Waals surface area contributed by atoms with Crippen molar-refractivity contribution in [3.05, 3.63) is 92.1 Å². The van der Waals surface area contributed by atoms with E-state index in [1.807, 2.05) is 24.3 Å². The van der Waals surface area contributed by atoms with Crippen LogP contribution in [0.5, 0.6) is 5.75 Å². The van der Waals surface area contributed by atoms with E-state index in [1.165, 1.54) is 10.6 Å². The van der Waals surface area contributed by atoms with Gasteiger partial charge >= 0.3 is 0 Å². The van der Waals surface area contributed by atoms with Gasteiger partial charge in [0, 0.05) is 26.0 Å². The molecule has 33 heavy (non-hydrogen) atoms. The Balaban J connectivity index is 1.59. The molecular weight excluding hydrogens is 462 g/mol. The summed E-state index contributed by atoms with van der Waals surface area (Å²) < 4.78 is 30.7. The number of ether oxygens (including phenoxy) is 1. The SMILES string of the molecule is CN(Cc1ccc2c(c1)CCC(c1c(OCc3ccc(Cl)cn3)cc[nH]c1=O)=C2)S(C)(=O)=O. The van der Waals surface area contributed by atoms with Gasteiger partial charge in [0.15, 0.2) is 0 Å². The summed E-state index contributed by atoms with van der Waals surface area (Å²) >= 11 is 5.89. The molecule has 0 saturated carbocycles. The van der Waals surface area contributed by atoms with Gasteiger partial charge in [-0.15, -0.1) is 0 Å². The van der Waals surface area contributed by atoms with Crippen LogP contribution in [-0.4, -0.2) is 36.0 Å². The normalized spacial score (nSPS) is 13.5. The van der Waals surface area contributed by atoms with Crippen LogP contribution in [0, 0.1) is 0 Å². The van der Waals surface area contributed by atoms with Gasteiger partial charge in [-0.2, -0.15) is 0 Å². The molecular formula is C24H24ClN3O4S. The lowest BCUT2D eigenvalue weighted by Crippen LogP contribution is -2.25. The summed E-state index contributed by atoms with van der Waals surface area (Å²) in [5.74, 6) is 0.497. The fourth-order valence-electron chi connectivity index (χ4n) is 3.74. The summed E-state index contributed by atoms with van der Waals surface area (Å²) in [4.78, 5) is 19.7. The van der Waals surface area contributed by atoms with Crippen LogP contribution in [0.1, 0.15) is 34.4 Å². The van der Waals surface area contributed by atoms with Crippen LogP contribution in [0.4, 0.5) is 0 Å². The number of pyridine rings is 2. The number of nitrogens with one attached hydrogen (secondary N) is 1. The van der Waals surface area contributed by atoms with Crippen molar-refractivity contribution in [1.82, 2.24) is 14.3 Å². The monoisotopic (exact) mass is 485 g/mol. The number of fused-ring (bicyclic) bond motifs is 1. The largest absolute Gasteiger partial charge is 0.486 e. The summed E-state index contributed by atoms with van der Waals surface area (Å²) in [6.45, 7) is 0.534. The van der Waals surface area contributed by atoms with Gasteiger partial charge in [-0.25, -0.2) is 12.7 Å². The minimum Gasteiger partial charge on any atom is -0.486 e. The summed E-state index contributed by atoms with van der Waals surface area (Å²) in [7, 11) is -1.68. The van der Waals surface area contributed by atoms with Gasteiger partial charge in [-0.1, -0.05) is 35.9 Å². The minimum atomic E-state index is -3.25. The molecule has 4 rings (SSSR count). The maximum atomic E-state index is 12.7. The predicted molar refractivity (Wildman–Crippen MR) is 130 cm³/mol. The number of hydrogen-bond donors (Lipinski definition) is 1. The summed E-state index contributed by atoms with van der Waals surface area (Å²) in [5, 5.41) is 0.549. The molecule has 1 aliphatic rings. The number of hydrogen-bond acceptors (Lipinski definition) is 5. The number of aromatic nitrogens is 2. The average Bonchev–Trinajstić information content (AvgIpc) is 2.78. The van der Waals surface area contributed by atoms with E-state index in [1.54, 1.807) is 37.6 Å². The zero-order chi connectivity index (χ0) is 23.6. The molecule has 0 bridgehead atoms. The third-order valence-corrected chi connectivity index (χ3v) is 7.07. The number of nitrogens with zero attached hydrogens (tertiary/aromatic N) is 2. The first-order valence-corrected chi connectivity index (χ1v) is 12.6. The van der Waals surface area contributed by atoms with Gasteiger partial charge < -0.3 is 9.72 Å². The number of halogens is 1. The van der Waals surface area contributed by atoms with E-state index in [0.717, 1.165) is 28.7 Å². The van der Waals surface area contributed by atoms with Crippen LogP contribution in [0.3, 0.4) is 0 Å². The molecule has 1 aliphatic carbocycles. The number of allylic oxidation sites excluding steroid dienone is 1. The van der Waals surface area contributed by atoms with E-state index in [4.69, 9.17) is 16.3 Å². The molecule has 0 radical (unpaired) electrons. The van der Waals surface area contributed by atoms with Crippen LogP contribution in [0.2, 0.25) is 5.02 Å². The highest BCUT2D eigenvalue weighted by molar-refractivity contribution is 7.88. The lowest BCUT2D eigenvalue weighted by atomic mass is 9.88. The number of H-pyrrole nitrogens is 1. The molecule has 0 aliphatic heterocycles. The lowest BCUT2D eigenvalue weighted by Gasteiger charge is -2.20. The van der Waals surface area contributed by atoms with Crippen molar-refractivity contribution in [3.63, 3.8) is 0 Å². The highest BCUT2D eigenvalue weighted by Gasteiger charge is 2.19. The first-order chi connectivity index (χ1) is 15.7. The molecule has 1 N–H and O–H groups in total. The lowest BCUT2D eigenvalue weighted by molar-refractivity contribution is 0.299. The Morgan fingerprint density at radius 1 is 1.18 bits per heavy atom. The highest BCUT2D eigenvalue weighted by Crippen LogP contribution is 2.33. The van der Waals surface area contributed by atoms with Gasteiger partial charge in [0.25, 0.3) is 5.56 Å². The molecule has 172 valence electrons. The van der Waals surface area contributed by atoms with Crippen molar-refractivity contribution in [2.75, 3.05) is 13.3 Å². The van der Waals surface area contributed by atoms with E-state index in [-0.39, 0.29) is 12.2 Å². The van der Waals surface area contributed by atoms with Gasteiger partial charge in [0.2, 0.25) is 10.0 Å². The van der Waals surface area contributed by atoms with Gasteiger partial charge in [-0.05, 0) is 53.3 Å². The van der Waals surface area contributed by atoms with E-state index < -0.39 is 10.0 Å². The fourth-order valence-corrected chi connectivity index (χ4v) is 4.24. The summed E-state index contributed by atoms with van der Waals surface area (Å²) in [6.07, 6.45) is 7.73. The maximum Gasteiger partial charge on any atom is 0.259 e. The molecule has 0 amide bonds. The molecule has 7 nitrogen and oxygen atoms in total. The molecule has 2 heterocycles. The Bertz CT molecular complexity index is 1370. The van der Waals surface area contributed by atoms with Gasteiger partial charge in [-0.3, -0.25) is 9.78 Å². The third kappa shape index (κ3) is 5.52. The first kappa shape index (κ1) is 23.2. The number of aromatic amines is 1. The molecule has 1 aromatic carbocycles. The smallest absolute Gasteiger partial charge is 0.259 e. The van der Waals surface area contributed by atoms with E-state index >= 15 is 0 Å². The number of aryl methyl sites for hydroxylation is 1. The van der Waals surface area contributed by atoms with Crippen molar-refractivity contribution in [2.45, 2.75) is 26.0 Å². The van der Waals surface area contributed by atoms with E-state index in [9.17, 15) is 13.2 Å². The molecule has 0 spiro atoms. The van der Waals surface area contributed by atoms with Gasteiger partial charge in [0.1, 0.15) is 12.4 Å². The van der Waals surface area contributed by atoms with Crippen molar-refractivity contribution < 1.29 is 13.2 Å². The third-order valence-electron chi connectivity index (χ3n) is 5.58. The number of sulfonamides is 1. The van der Waals surface area contributed by atoms with Crippen LogP contribution in [0.25, 0.3) is 11.6 Å². The van der Waals surface area contributed by atoms with Crippen molar-refractivity contribution in [2.24, 2.45) is 0 Å². The highest BCUT2D eigenvalue weighted by atomic mass is 35.5. The van der Waals surface area contributed by atoms with Crippen LogP contribution in [0.15, 0.2) is 53.6 Å². The molecule has 9 heteroatoms. The molecule has 0 atom stereocenters. The Morgan fingerprint density at radius 3 is 2.73 bits per heavy atom. The summed E-state index contributed by atoms with van der Waals surface area (Å²) in [5.41, 5.74) is 4.96. The second kappa shape index (κ2) is 9.51. The molecule has 0 unspecified atom stereocenters. The van der Waals surface area contributed by atoms with Crippen molar-refractivity contribution in [1.29, 1.82) is 0 Å². The Morgan fingerprint density at radius 2 is 2.00 bits per heavy atom. The zero-order valence-corrected chi connectivity index (χ0v) is 19.9. The first-order valence-electron chi connectivity index (χ1n) is 10.4. The Hall–Kier alpha value is -2.94. The second-order valence-electron chi connectivity index (χ2n) is 8.02. The molecule has 0 saturated heterocycles. The maximum absolute atomic E-state index is 12.7. The Labute approximate surface area is 197 Å². The predicted octanol–water partition coefficient (Wildman–Crippen LogP) is 3.88. The van der Waals surface area contributed by atoms with Crippen LogP contribution in [-0.2, 0) is 29.6 Å². The number of rotatable bonds is 7. The van der Waals surface area contributed by atoms with E-state index in [0.29, 0.717) is 35.0 Å². The van der Waals surface area contributed by atoms with Crippen molar-refractivity contribution >= 4 is 33.3 Å². The van der Waals surface area contributed by atoms with Crippen LogP contribution < -0.4 is 10.3 Å². The fraction of sp³-hybridized carbons (Fsp3) is 0.250. The molecule has 2 aromatic heterocycles. The zero-order valence-electron chi connectivity index (χ0n) is 18.3. The van der Waals surface area contributed by atoms with Crippen LogP contribution >= 0.6 is 11.6 Å². The standard InChI is InChI=1S/C24H24ClN3O4S/c1-28(33(2,30)31)14-16-3-4-18-12-19(6-5-17(18)11-16)23-22(9-10-26-24(23)29)32-15-21-8-7-20(25)13-27-21/h3-4,7-13H,5-6,14-15H2,1-2H3,(H,26,29). The van der Waals surface area contributed by atoms with Gasteiger partial charge in [0.05, 0.1) is 22.5 Å². The summed E-state index contributed by atoms with van der Waals surface area (Å²) in [6, 6.07) is 11.2. The molecule has 3 aromatic rings. The topological polar surface area (TPSA) is 92.4 Å².